The second-order valence-electron chi connectivity index (χ2n) is 18.4. The van der Waals surface area contributed by atoms with Crippen molar-refractivity contribution in [1.29, 1.82) is 0 Å². The molecule has 2 heterocycles. The predicted molar refractivity (Wildman–Crippen MR) is 169 cm³/mol. The van der Waals surface area contributed by atoms with Gasteiger partial charge in [0.25, 0.3) is 0 Å². The van der Waals surface area contributed by atoms with E-state index >= 15 is 0 Å². The Labute approximate surface area is 274 Å². The molecule has 2 aliphatic heterocycles. The molecule has 6 rings (SSSR count). The lowest BCUT2D eigenvalue weighted by Crippen LogP contribution is -2.71. The van der Waals surface area contributed by atoms with Gasteiger partial charge in [0.05, 0.1) is 42.2 Å². The number of fused-ring (bicyclic) bond motifs is 5. The maximum Gasteiger partial charge on any atom is 0.186 e. The van der Waals surface area contributed by atoms with Crippen molar-refractivity contribution in [1.82, 2.24) is 0 Å². The highest BCUT2D eigenvalue weighted by atomic mass is 16.7. The number of aliphatic hydroxyl groups is 7. The van der Waals surface area contributed by atoms with E-state index in [0.717, 1.165) is 32.1 Å². The van der Waals surface area contributed by atoms with E-state index in [9.17, 15) is 35.7 Å². The highest BCUT2D eigenvalue weighted by molar-refractivity contribution is 5.22. The van der Waals surface area contributed by atoms with Gasteiger partial charge in [-0.2, -0.15) is 0 Å². The third-order valence-electron chi connectivity index (χ3n) is 15.3. The predicted octanol–water partition coefficient (Wildman–Crippen LogP) is 2.51. The Balaban J connectivity index is 1.38. The normalized spacial score (nSPS) is 57.1. The maximum absolute atomic E-state index is 12.2. The Morgan fingerprint density at radius 3 is 2.11 bits per heavy atom. The van der Waals surface area contributed by atoms with Crippen LogP contribution in [0.25, 0.3) is 0 Å². The summed E-state index contributed by atoms with van der Waals surface area (Å²) in [5, 5.41) is 76.4. The minimum absolute atomic E-state index is 0.0189. The van der Waals surface area contributed by atoms with Crippen molar-refractivity contribution in [2.24, 2.45) is 45.3 Å². The van der Waals surface area contributed by atoms with Gasteiger partial charge >= 0.3 is 0 Å². The zero-order valence-electron chi connectivity index (χ0n) is 29.2. The minimum Gasteiger partial charge on any atom is -0.394 e. The number of hydrogen-bond acceptors (Lipinski definition) is 10. The number of aliphatic hydroxyl groups excluding tert-OH is 6. The third kappa shape index (κ3) is 4.94. The van der Waals surface area contributed by atoms with Crippen LogP contribution in [0.2, 0.25) is 0 Å². The van der Waals surface area contributed by atoms with Crippen LogP contribution in [0.15, 0.2) is 0 Å². The van der Waals surface area contributed by atoms with E-state index in [1.54, 1.807) is 13.8 Å². The first-order chi connectivity index (χ1) is 21.2. The van der Waals surface area contributed by atoms with E-state index in [0.29, 0.717) is 19.3 Å². The molecule has 0 aromatic heterocycles. The van der Waals surface area contributed by atoms with Crippen molar-refractivity contribution in [2.75, 3.05) is 6.61 Å². The molecule has 10 heteroatoms. The fraction of sp³-hybridized carbons (Fsp3) is 1.00. The van der Waals surface area contributed by atoms with Crippen molar-refractivity contribution < 1.29 is 50.0 Å². The van der Waals surface area contributed by atoms with Crippen LogP contribution in [-0.2, 0) is 14.2 Å². The largest absolute Gasteiger partial charge is 0.394 e. The first-order valence-corrected chi connectivity index (χ1v) is 17.9. The summed E-state index contributed by atoms with van der Waals surface area (Å²) >= 11 is 0. The number of hydrogen-bond donors (Lipinski definition) is 7. The van der Waals surface area contributed by atoms with Gasteiger partial charge < -0.3 is 50.0 Å². The molecule has 6 aliphatic rings. The van der Waals surface area contributed by atoms with E-state index in [1.807, 2.05) is 0 Å². The highest BCUT2D eigenvalue weighted by Gasteiger charge is 2.74. The van der Waals surface area contributed by atoms with Gasteiger partial charge in [0, 0.05) is 0 Å². The van der Waals surface area contributed by atoms with Crippen molar-refractivity contribution in [3.8, 4) is 0 Å². The van der Waals surface area contributed by atoms with Crippen molar-refractivity contribution in [3.63, 3.8) is 0 Å². The molecule has 2 saturated heterocycles. The summed E-state index contributed by atoms with van der Waals surface area (Å²) in [6, 6.07) is 0. The topological polar surface area (TPSA) is 169 Å². The average Bonchev–Trinajstić information content (AvgIpc) is 3.55. The van der Waals surface area contributed by atoms with Crippen molar-refractivity contribution in [2.45, 2.75) is 173 Å². The fourth-order valence-electron chi connectivity index (χ4n) is 12.7. The van der Waals surface area contributed by atoms with Gasteiger partial charge in [0.2, 0.25) is 0 Å². The highest BCUT2D eigenvalue weighted by Crippen LogP contribution is 2.76. The van der Waals surface area contributed by atoms with Crippen LogP contribution in [0.1, 0.15) is 107 Å². The fourth-order valence-corrected chi connectivity index (χ4v) is 12.7. The maximum atomic E-state index is 12.2. The van der Waals surface area contributed by atoms with Gasteiger partial charge in [-0.1, -0.05) is 34.6 Å². The van der Waals surface area contributed by atoms with Gasteiger partial charge in [-0.05, 0) is 117 Å². The molecule has 4 aliphatic carbocycles. The van der Waals surface area contributed by atoms with Crippen molar-refractivity contribution >= 4 is 0 Å². The number of rotatable bonds is 5. The lowest BCUT2D eigenvalue weighted by Gasteiger charge is -2.72. The van der Waals surface area contributed by atoms with Crippen LogP contribution in [0.4, 0.5) is 0 Å². The van der Waals surface area contributed by atoms with Crippen LogP contribution >= 0.6 is 0 Å². The Bertz CT molecular complexity index is 1140. The molecule has 0 unspecified atom stereocenters. The smallest absolute Gasteiger partial charge is 0.186 e. The summed E-state index contributed by atoms with van der Waals surface area (Å²) < 4.78 is 19.4. The SMILES string of the molecule is CC(C)(O)[C@@H]1CC[C@@](C)([C@H]2CC[C@]3(C)[C@@H]2[C@H](O)C[C@@H]2[C@@]4(C)CC[C@H](O)C(C)(C)[C@@H]4[C@@H](O[C@@H]4O[C@H](CO)[C@@H](O)[C@H](O)[C@H]4O)C[C@]23C)O1. The molecule has 266 valence electrons. The van der Waals surface area contributed by atoms with Crippen molar-refractivity contribution in [3.05, 3.63) is 0 Å². The molecular weight excluding hydrogens is 592 g/mol. The summed E-state index contributed by atoms with van der Waals surface area (Å²) in [5.74, 6) is 0.0944. The van der Waals surface area contributed by atoms with E-state index in [2.05, 4.69) is 41.5 Å². The van der Waals surface area contributed by atoms with E-state index < -0.39 is 72.2 Å². The summed E-state index contributed by atoms with van der Waals surface area (Å²) in [7, 11) is 0. The van der Waals surface area contributed by atoms with E-state index in [-0.39, 0.29) is 46.0 Å². The summed E-state index contributed by atoms with van der Waals surface area (Å²) in [4.78, 5) is 0. The minimum atomic E-state index is -1.54. The first kappa shape index (κ1) is 35.4. The van der Waals surface area contributed by atoms with Gasteiger partial charge in [0.1, 0.15) is 24.4 Å². The van der Waals surface area contributed by atoms with Crippen LogP contribution in [-0.4, -0.2) is 109 Å². The molecule has 0 amide bonds. The van der Waals surface area contributed by atoms with Gasteiger partial charge in [0.15, 0.2) is 6.29 Å². The van der Waals surface area contributed by atoms with Gasteiger partial charge in [-0.3, -0.25) is 0 Å². The first-order valence-electron chi connectivity index (χ1n) is 17.9. The molecule has 17 atom stereocenters. The molecule has 0 aromatic rings. The molecule has 6 fully saturated rings. The van der Waals surface area contributed by atoms with E-state index in [4.69, 9.17) is 14.2 Å². The lowest BCUT2D eigenvalue weighted by atomic mass is 9.34. The Morgan fingerprint density at radius 2 is 1.50 bits per heavy atom. The Hall–Kier alpha value is -0.400. The zero-order chi connectivity index (χ0) is 34.0. The molecule has 0 aromatic carbocycles. The monoisotopic (exact) mass is 654 g/mol. The standard InChI is InChI=1S/C36H62O10/c1-31(2)23(39)10-12-33(5)22-15-19(38)25-18(36(8)14-11-24(46-36)32(3,4)43)9-13-34(25,6)35(22,7)16-20(29(31)33)44-30-28(42)27(41)26(40)21(17-37)45-30/h18-30,37-43H,9-17H2,1-8H3/t18-,19+,20-,21+,22+,23-,24-,25-,26+,27-,28+,29-,30+,33+,34+,35+,36-/m0/s1. The molecular formula is C36H62O10. The molecule has 4 saturated carbocycles. The molecule has 46 heavy (non-hydrogen) atoms. The molecule has 7 N–H and O–H groups in total. The summed E-state index contributed by atoms with van der Waals surface area (Å²) in [5.41, 5.74) is -2.83. The van der Waals surface area contributed by atoms with Crippen LogP contribution in [0, 0.1) is 45.3 Å². The Morgan fingerprint density at radius 1 is 0.826 bits per heavy atom. The quantitative estimate of drug-likeness (QED) is 0.219. The van der Waals surface area contributed by atoms with E-state index in [1.165, 1.54) is 0 Å². The summed E-state index contributed by atoms with van der Waals surface area (Å²) in [6.07, 6.45) is -2.57. The molecule has 10 nitrogen and oxygen atoms in total. The molecule has 0 radical (unpaired) electrons. The zero-order valence-corrected chi connectivity index (χ0v) is 29.2. The Kier molecular flexibility index (Phi) is 8.71. The molecule has 0 bridgehead atoms. The van der Waals surface area contributed by atoms with Crippen LogP contribution < -0.4 is 0 Å². The second-order valence-corrected chi connectivity index (χ2v) is 18.4. The average molecular weight is 655 g/mol. The van der Waals surface area contributed by atoms with Gasteiger partial charge in [-0.15, -0.1) is 0 Å². The third-order valence-corrected chi connectivity index (χ3v) is 15.3. The summed E-state index contributed by atoms with van der Waals surface area (Å²) in [6.45, 7) is 16.4. The lowest BCUT2D eigenvalue weighted by molar-refractivity contribution is -0.347. The van der Waals surface area contributed by atoms with Crippen LogP contribution in [0.3, 0.4) is 0 Å². The van der Waals surface area contributed by atoms with Crippen LogP contribution in [0.5, 0.6) is 0 Å². The molecule has 0 spiro atoms. The second kappa shape index (κ2) is 11.3. The van der Waals surface area contributed by atoms with Gasteiger partial charge in [-0.25, -0.2) is 0 Å². The number of ether oxygens (including phenoxy) is 3.